The molecule has 0 spiro atoms. The van der Waals surface area contributed by atoms with Crippen LogP contribution >= 0.6 is 35.6 Å². The number of ether oxygens (including phenoxy) is 3. The van der Waals surface area contributed by atoms with E-state index >= 15 is 0 Å². The molecule has 154 valence electrons. The van der Waals surface area contributed by atoms with Crippen molar-refractivity contribution >= 4 is 47.2 Å². The number of aromatic nitrogens is 1. The fourth-order valence-corrected chi connectivity index (χ4v) is 2.41. The van der Waals surface area contributed by atoms with Gasteiger partial charge in [-0.2, -0.15) is 0 Å². The first-order valence-corrected chi connectivity index (χ1v) is 8.87. The largest absolute Gasteiger partial charge is 0.497 e. The Bertz CT molecular complexity index is 803. The van der Waals surface area contributed by atoms with Crippen molar-refractivity contribution in [2.75, 3.05) is 26.1 Å². The molecule has 1 aromatic carbocycles. The summed E-state index contributed by atoms with van der Waals surface area (Å²) in [6.45, 7) is 5.00. The van der Waals surface area contributed by atoms with Crippen LogP contribution in [0, 0.1) is 5.92 Å². The van der Waals surface area contributed by atoms with Crippen molar-refractivity contribution < 1.29 is 14.2 Å². The van der Waals surface area contributed by atoms with E-state index in [1.54, 1.807) is 44.7 Å². The number of nitrogens with one attached hydrogen (secondary N) is 1. The Morgan fingerprint density at radius 2 is 2.00 bits per heavy atom. The molecule has 0 unspecified atom stereocenters. The molecule has 1 heterocycles. The van der Waals surface area contributed by atoms with Crippen molar-refractivity contribution in [3.05, 3.63) is 41.0 Å². The van der Waals surface area contributed by atoms with Crippen LogP contribution in [0.5, 0.6) is 17.4 Å². The second kappa shape index (κ2) is 11.8. The van der Waals surface area contributed by atoms with E-state index in [1.165, 1.54) is 0 Å². The number of methoxy groups -OCH3 is 2. The fraction of sp³-hybridized carbons (Fsp3) is 0.368. The van der Waals surface area contributed by atoms with Crippen LogP contribution < -0.4 is 25.3 Å². The molecule has 0 atom stereocenters. The number of nitrogens with zero attached hydrogens (tertiary/aromatic N) is 2. The van der Waals surface area contributed by atoms with Crippen molar-refractivity contribution in [2.24, 2.45) is 16.6 Å². The summed E-state index contributed by atoms with van der Waals surface area (Å²) < 4.78 is 16.1. The fourth-order valence-electron chi connectivity index (χ4n) is 2.17. The molecule has 9 heteroatoms. The summed E-state index contributed by atoms with van der Waals surface area (Å²) >= 11 is 6.22. The van der Waals surface area contributed by atoms with E-state index in [-0.39, 0.29) is 29.9 Å². The Morgan fingerprint density at radius 1 is 1.25 bits per heavy atom. The SMILES string of the molecule is COc1ccc(OC)c(NC(N)=NCc2cnc(OCC(C)C)c(Cl)c2)c1.I. The number of hydrogen-bond donors (Lipinski definition) is 2. The predicted molar refractivity (Wildman–Crippen MR) is 123 cm³/mol. The maximum absolute atomic E-state index is 6.22. The molecule has 1 aromatic heterocycles. The van der Waals surface area contributed by atoms with Gasteiger partial charge in [0.25, 0.3) is 0 Å². The lowest BCUT2D eigenvalue weighted by atomic mass is 10.2. The highest BCUT2D eigenvalue weighted by Crippen LogP contribution is 2.28. The summed E-state index contributed by atoms with van der Waals surface area (Å²) in [5.41, 5.74) is 7.46. The van der Waals surface area contributed by atoms with E-state index in [9.17, 15) is 0 Å². The van der Waals surface area contributed by atoms with Crippen molar-refractivity contribution in [3.63, 3.8) is 0 Å². The first-order chi connectivity index (χ1) is 12.9. The number of benzene rings is 1. The highest BCUT2D eigenvalue weighted by molar-refractivity contribution is 14.0. The van der Waals surface area contributed by atoms with Gasteiger partial charge in [0.15, 0.2) is 5.96 Å². The molecular weight excluding hydrogens is 495 g/mol. The monoisotopic (exact) mass is 520 g/mol. The molecule has 0 bridgehead atoms. The molecular formula is C19H26ClIN4O3. The standard InChI is InChI=1S/C19H25ClN4O3.HI/c1-12(2)11-27-18-15(20)7-13(9-22-18)10-23-19(21)24-16-8-14(25-3)5-6-17(16)26-4;/h5-9,12H,10-11H2,1-4H3,(H3,21,23,24);1H. The van der Waals surface area contributed by atoms with E-state index in [1.807, 2.05) is 0 Å². The average molecular weight is 521 g/mol. The van der Waals surface area contributed by atoms with Gasteiger partial charge < -0.3 is 25.3 Å². The van der Waals surface area contributed by atoms with Gasteiger partial charge in [-0.05, 0) is 29.7 Å². The van der Waals surface area contributed by atoms with Gasteiger partial charge in [0.2, 0.25) is 5.88 Å². The number of pyridine rings is 1. The van der Waals surface area contributed by atoms with Crippen LogP contribution in [-0.4, -0.2) is 31.8 Å². The predicted octanol–water partition coefficient (Wildman–Crippen LogP) is 4.33. The summed E-state index contributed by atoms with van der Waals surface area (Å²) in [5.74, 6) is 2.36. The Balaban J connectivity index is 0.00000392. The molecule has 0 saturated carbocycles. The van der Waals surface area contributed by atoms with Crippen molar-refractivity contribution in [1.29, 1.82) is 0 Å². The number of hydrogen-bond acceptors (Lipinski definition) is 5. The maximum atomic E-state index is 6.22. The molecule has 0 aliphatic carbocycles. The van der Waals surface area contributed by atoms with Crippen LogP contribution in [0.25, 0.3) is 0 Å². The molecule has 0 aliphatic heterocycles. The van der Waals surface area contributed by atoms with E-state index in [2.05, 4.69) is 29.1 Å². The number of guanidine groups is 1. The van der Waals surface area contributed by atoms with Crippen LogP contribution in [-0.2, 0) is 6.54 Å². The lowest BCUT2D eigenvalue weighted by molar-refractivity contribution is 0.261. The first-order valence-electron chi connectivity index (χ1n) is 8.49. The minimum absolute atomic E-state index is 0. The van der Waals surface area contributed by atoms with E-state index in [0.717, 1.165) is 5.56 Å². The van der Waals surface area contributed by atoms with E-state index < -0.39 is 0 Å². The zero-order valence-corrected chi connectivity index (χ0v) is 19.4. The summed E-state index contributed by atoms with van der Waals surface area (Å²) in [5, 5.41) is 3.46. The lowest BCUT2D eigenvalue weighted by Gasteiger charge is -2.12. The van der Waals surface area contributed by atoms with Gasteiger partial charge in [-0.3, -0.25) is 0 Å². The quantitative estimate of drug-likeness (QED) is 0.306. The Hall–Kier alpha value is -1.94. The van der Waals surface area contributed by atoms with Crippen LogP contribution in [0.2, 0.25) is 5.02 Å². The van der Waals surface area contributed by atoms with Crippen LogP contribution in [0.3, 0.4) is 0 Å². The van der Waals surface area contributed by atoms with Crippen molar-refractivity contribution in [3.8, 4) is 17.4 Å². The molecule has 2 rings (SSSR count). The number of anilines is 1. The number of nitrogens with two attached hydrogens (primary N) is 1. The van der Waals surface area contributed by atoms with Gasteiger partial charge in [-0.15, -0.1) is 24.0 Å². The average Bonchev–Trinajstić information content (AvgIpc) is 2.65. The van der Waals surface area contributed by atoms with Crippen LogP contribution in [0.4, 0.5) is 5.69 Å². The normalized spacial score (nSPS) is 11.0. The third-order valence-corrected chi connectivity index (χ3v) is 3.79. The Kier molecular flexibility index (Phi) is 10.2. The number of rotatable bonds is 8. The van der Waals surface area contributed by atoms with E-state index in [0.29, 0.717) is 47.2 Å². The van der Waals surface area contributed by atoms with Gasteiger partial charge in [0.05, 0.1) is 33.1 Å². The van der Waals surface area contributed by atoms with Crippen molar-refractivity contribution in [1.82, 2.24) is 4.98 Å². The van der Waals surface area contributed by atoms with Crippen LogP contribution in [0.15, 0.2) is 35.5 Å². The lowest BCUT2D eigenvalue weighted by Crippen LogP contribution is -2.23. The van der Waals surface area contributed by atoms with Crippen molar-refractivity contribution in [2.45, 2.75) is 20.4 Å². The molecule has 7 nitrogen and oxygen atoms in total. The van der Waals surface area contributed by atoms with Gasteiger partial charge in [-0.1, -0.05) is 25.4 Å². The van der Waals surface area contributed by atoms with Gasteiger partial charge >= 0.3 is 0 Å². The molecule has 0 fully saturated rings. The second-order valence-corrected chi connectivity index (χ2v) is 6.64. The minimum atomic E-state index is 0. The molecule has 0 amide bonds. The number of halogens is 2. The third kappa shape index (κ3) is 7.23. The Labute approximate surface area is 187 Å². The third-order valence-electron chi connectivity index (χ3n) is 3.52. The Morgan fingerprint density at radius 3 is 2.61 bits per heavy atom. The summed E-state index contributed by atoms with van der Waals surface area (Å²) in [6, 6.07) is 7.13. The second-order valence-electron chi connectivity index (χ2n) is 6.23. The van der Waals surface area contributed by atoms with Crippen LogP contribution in [0.1, 0.15) is 19.4 Å². The zero-order chi connectivity index (χ0) is 19.8. The topological polar surface area (TPSA) is 91.0 Å². The smallest absolute Gasteiger partial charge is 0.232 e. The molecule has 3 N–H and O–H groups in total. The van der Waals surface area contributed by atoms with Gasteiger partial charge in [-0.25, -0.2) is 9.98 Å². The minimum Gasteiger partial charge on any atom is -0.497 e. The maximum Gasteiger partial charge on any atom is 0.232 e. The highest BCUT2D eigenvalue weighted by Gasteiger charge is 2.08. The summed E-state index contributed by atoms with van der Waals surface area (Å²) in [6.07, 6.45) is 1.67. The molecule has 2 aromatic rings. The van der Waals surface area contributed by atoms with Gasteiger partial charge in [0, 0.05) is 12.3 Å². The highest BCUT2D eigenvalue weighted by atomic mass is 127. The van der Waals surface area contributed by atoms with Gasteiger partial charge in [0.1, 0.15) is 16.5 Å². The molecule has 0 saturated heterocycles. The summed E-state index contributed by atoms with van der Waals surface area (Å²) in [4.78, 5) is 8.55. The van der Waals surface area contributed by atoms with E-state index in [4.69, 9.17) is 31.5 Å². The first kappa shape index (κ1) is 24.1. The zero-order valence-electron chi connectivity index (χ0n) is 16.4. The molecule has 28 heavy (non-hydrogen) atoms. The number of aliphatic imine (C=N–C) groups is 1. The summed E-state index contributed by atoms with van der Waals surface area (Å²) in [7, 11) is 3.17. The molecule has 0 aliphatic rings. The molecule has 0 radical (unpaired) electrons.